The fourth-order valence-corrected chi connectivity index (χ4v) is 3.32. The summed E-state index contributed by atoms with van der Waals surface area (Å²) in [5.74, 6) is 0. The van der Waals surface area contributed by atoms with E-state index in [-0.39, 0.29) is 13.2 Å². The molecule has 32 heavy (non-hydrogen) atoms. The summed E-state index contributed by atoms with van der Waals surface area (Å²) in [5, 5.41) is 3.11. The van der Waals surface area contributed by atoms with Gasteiger partial charge < -0.3 is 19.4 Å². The summed E-state index contributed by atoms with van der Waals surface area (Å²) < 4.78 is 17.6. The molecule has 6 nitrogen and oxygen atoms in total. The maximum atomic E-state index is 12.3. The predicted molar refractivity (Wildman–Crippen MR) is 126 cm³/mol. The van der Waals surface area contributed by atoms with Gasteiger partial charge in [-0.25, -0.2) is 4.79 Å². The third-order valence-corrected chi connectivity index (χ3v) is 6.04. The molecule has 1 fully saturated rings. The fraction of sp³-hybridized carbons (Fsp3) is 0.333. The van der Waals surface area contributed by atoms with Crippen molar-refractivity contribution in [3.8, 4) is 0 Å². The van der Waals surface area contributed by atoms with Crippen molar-refractivity contribution < 1.29 is 23.6 Å². The van der Waals surface area contributed by atoms with E-state index in [0.29, 0.717) is 22.3 Å². The van der Waals surface area contributed by atoms with Crippen molar-refractivity contribution in [1.82, 2.24) is 5.32 Å². The van der Waals surface area contributed by atoms with E-state index in [1.165, 1.54) is 0 Å². The average Bonchev–Trinajstić information content (AvgIpc) is 2.97. The molecule has 0 bridgehead atoms. The number of amides is 1. The van der Waals surface area contributed by atoms with Gasteiger partial charge in [-0.05, 0) is 56.4 Å². The van der Waals surface area contributed by atoms with Gasteiger partial charge in [-0.3, -0.25) is 4.79 Å². The number of rotatable bonds is 7. The summed E-state index contributed by atoms with van der Waals surface area (Å²) >= 11 is 6.18. The van der Waals surface area contributed by atoms with Crippen molar-refractivity contribution in [2.45, 2.75) is 45.5 Å². The van der Waals surface area contributed by atoms with Crippen LogP contribution in [0.3, 0.4) is 0 Å². The standard InChI is InChI=1S/C24H27BClNO5/c1-23(2)24(3,4)32-25(31-23)20(12-18-10-11-19(15-28)21(26)13-18)14-27-22(29)30-16-17-8-6-5-7-9-17/h5-13,15H,14,16H2,1-4H3,(H,27,29). The molecule has 168 valence electrons. The van der Waals surface area contributed by atoms with Crippen molar-refractivity contribution in [3.05, 3.63) is 75.7 Å². The smallest absolute Gasteiger partial charge is 0.445 e. The first-order valence-electron chi connectivity index (χ1n) is 10.4. The minimum atomic E-state index is -0.668. The van der Waals surface area contributed by atoms with Gasteiger partial charge in [-0.1, -0.05) is 54.1 Å². The van der Waals surface area contributed by atoms with Crippen molar-refractivity contribution in [3.63, 3.8) is 0 Å². The molecule has 3 rings (SSSR count). The van der Waals surface area contributed by atoms with Gasteiger partial charge in [0, 0.05) is 12.1 Å². The third-order valence-electron chi connectivity index (χ3n) is 5.71. The van der Waals surface area contributed by atoms with Gasteiger partial charge in [0.2, 0.25) is 0 Å². The molecule has 0 spiro atoms. The highest BCUT2D eigenvalue weighted by atomic mass is 35.5. The second-order valence-electron chi connectivity index (χ2n) is 8.62. The summed E-state index contributed by atoms with van der Waals surface area (Å²) in [7, 11) is -0.668. The van der Waals surface area contributed by atoms with Crippen LogP contribution in [0.4, 0.5) is 4.79 Å². The van der Waals surface area contributed by atoms with Gasteiger partial charge in [0.1, 0.15) is 6.61 Å². The number of carbonyl (C=O) groups is 2. The molecule has 0 atom stereocenters. The topological polar surface area (TPSA) is 73.9 Å². The molecule has 0 unspecified atom stereocenters. The van der Waals surface area contributed by atoms with Crippen LogP contribution in [0.2, 0.25) is 5.02 Å². The molecule has 1 amide bonds. The number of ether oxygens (including phenoxy) is 1. The van der Waals surface area contributed by atoms with Crippen molar-refractivity contribution >= 4 is 37.2 Å². The summed E-state index contributed by atoms with van der Waals surface area (Å²) in [6.07, 6.45) is 1.99. The maximum absolute atomic E-state index is 12.3. The normalized spacial score (nSPS) is 17.2. The Bertz CT molecular complexity index is 991. The van der Waals surface area contributed by atoms with Crippen molar-refractivity contribution in [2.24, 2.45) is 0 Å². The van der Waals surface area contributed by atoms with Crippen LogP contribution >= 0.6 is 11.6 Å². The Morgan fingerprint density at radius 1 is 1.09 bits per heavy atom. The molecular formula is C24H27BClNO5. The number of hydrogen-bond donors (Lipinski definition) is 1. The number of hydrogen-bond acceptors (Lipinski definition) is 5. The molecule has 1 aliphatic heterocycles. The van der Waals surface area contributed by atoms with Crippen LogP contribution in [0.25, 0.3) is 6.08 Å². The zero-order valence-electron chi connectivity index (χ0n) is 18.7. The molecule has 0 aromatic heterocycles. The van der Waals surface area contributed by atoms with E-state index in [4.69, 9.17) is 25.6 Å². The lowest BCUT2D eigenvalue weighted by Crippen LogP contribution is -2.41. The van der Waals surface area contributed by atoms with Gasteiger partial charge >= 0.3 is 13.2 Å². The number of benzene rings is 2. The monoisotopic (exact) mass is 455 g/mol. The summed E-state index contributed by atoms with van der Waals surface area (Å²) in [4.78, 5) is 23.3. The summed E-state index contributed by atoms with van der Waals surface area (Å²) in [6.45, 7) is 8.16. The van der Waals surface area contributed by atoms with E-state index < -0.39 is 24.4 Å². The van der Waals surface area contributed by atoms with E-state index in [1.807, 2.05) is 64.1 Å². The Morgan fingerprint density at radius 2 is 1.75 bits per heavy atom. The van der Waals surface area contributed by atoms with Crippen LogP contribution in [0.15, 0.2) is 54.0 Å². The molecule has 1 saturated heterocycles. The summed E-state index contributed by atoms with van der Waals surface area (Å²) in [6, 6.07) is 14.5. The van der Waals surface area contributed by atoms with Gasteiger partial charge in [0.25, 0.3) is 0 Å². The van der Waals surface area contributed by atoms with Gasteiger partial charge in [-0.2, -0.15) is 0 Å². The van der Waals surface area contributed by atoms with E-state index >= 15 is 0 Å². The Hall–Kier alpha value is -2.61. The van der Waals surface area contributed by atoms with E-state index in [2.05, 4.69) is 5.32 Å². The summed E-state index contributed by atoms with van der Waals surface area (Å²) in [5.41, 5.74) is 1.67. The first-order chi connectivity index (χ1) is 15.1. The van der Waals surface area contributed by atoms with E-state index in [0.717, 1.165) is 11.1 Å². The first kappa shape index (κ1) is 24.0. The molecule has 2 aromatic carbocycles. The quantitative estimate of drug-likeness (QED) is 0.465. The Labute approximate surface area is 194 Å². The van der Waals surface area contributed by atoms with Crippen LogP contribution in [0.5, 0.6) is 0 Å². The zero-order valence-corrected chi connectivity index (χ0v) is 19.4. The molecule has 0 aliphatic carbocycles. The molecule has 0 saturated carbocycles. The molecule has 1 aliphatic rings. The minimum absolute atomic E-state index is 0.150. The van der Waals surface area contributed by atoms with Gasteiger partial charge in [-0.15, -0.1) is 0 Å². The number of carbonyl (C=O) groups excluding carboxylic acids is 2. The Morgan fingerprint density at radius 3 is 2.34 bits per heavy atom. The van der Waals surface area contributed by atoms with E-state index in [9.17, 15) is 9.59 Å². The van der Waals surface area contributed by atoms with Crippen molar-refractivity contribution in [1.29, 1.82) is 0 Å². The first-order valence-corrected chi connectivity index (χ1v) is 10.7. The lowest BCUT2D eigenvalue weighted by atomic mass is 9.77. The minimum Gasteiger partial charge on any atom is -0.445 e. The second kappa shape index (κ2) is 9.90. The van der Waals surface area contributed by atoms with E-state index in [1.54, 1.807) is 18.2 Å². The molecule has 1 heterocycles. The van der Waals surface area contributed by atoms with Crippen LogP contribution in [0, 0.1) is 0 Å². The van der Waals surface area contributed by atoms with Crippen LogP contribution in [-0.4, -0.2) is 37.2 Å². The number of nitrogens with one attached hydrogen (secondary N) is 1. The van der Waals surface area contributed by atoms with Crippen LogP contribution in [-0.2, 0) is 20.7 Å². The van der Waals surface area contributed by atoms with Crippen molar-refractivity contribution in [2.75, 3.05) is 6.54 Å². The highest BCUT2D eigenvalue weighted by molar-refractivity contribution is 6.56. The fourth-order valence-electron chi connectivity index (χ4n) is 3.09. The maximum Gasteiger partial charge on any atom is 0.492 e. The molecule has 8 heteroatoms. The highest BCUT2D eigenvalue weighted by Crippen LogP contribution is 2.38. The zero-order chi connectivity index (χ0) is 23.4. The lowest BCUT2D eigenvalue weighted by molar-refractivity contribution is 0.00578. The number of alkyl carbamates (subject to hydrolysis) is 1. The number of aldehydes is 1. The molecule has 2 aromatic rings. The third kappa shape index (κ3) is 5.79. The Kier molecular flexibility index (Phi) is 7.44. The molecule has 1 N–H and O–H groups in total. The predicted octanol–water partition coefficient (Wildman–Crippen LogP) is 5.09. The SMILES string of the molecule is CC1(C)OB(C(=Cc2ccc(C=O)c(Cl)c2)CNC(=O)OCc2ccccc2)OC1(C)C. The molecule has 0 radical (unpaired) electrons. The average molecular weight is 456 g/mol. The highest BCUT2D eigenvalue weighted by Gasteiger charge is 2.52. The van der Waals surface area contributed by atoms with Gasteiger partial charge in [0.15, 0.2) is 6.29 Å². The molecular weight excluding hydrogens is 429 g/mol. The second-order valence-corrected chi connectivity index (χ2v) is 9.03. The van der Waals surface area contributed by atoms with Gasteiger partial charge in [0.05, 0.1) is 16.2 Å². The lowest BCUT2D eigenvalue weighted by Gasteiger charge is -2.32. The van der Waals surface area contributed by atoms with Crippen LogP contribution < -0.4 is 5.32 Å². The number of halogens is 1. The largest absolute Gasteiger partial charge is 0.492 e. The van der Waals surface area contributed by atoms with Crippen LogP contribution in [0.1, 0.15) is 49.2 Å². The Balaban J connectivity index is 1.75.